The fourth-order valence-electron chi connectivity index (χ4n) is 3.62. The zero-order chi connectivity index (χ0) is 27.1. The molecule has 0 saturated carbocycles. The Hall–Kier alpha value is -3.53. The van der Waals surface area contributed by atoms with Crippen molar-refractivity contribution >= 4 is 21.6 Å². The molecule has 6 nitrogen and oxygen atoms in total. The van der Waals surface area contributed by atoms with Gasteiger partial charge in [0.1, 0.15) is 12.4 Å². The number of halogens is 3. The number of aryl methyl sites for hydroxylation is 1. The molecule has 10 heteroatoms. The first-order valence-electron chi connectivity index (χ1n) is 11.7. The monoisotopic (exact) mass is 534 g/mol. The lowest BCUT2D eigenvalue weighted by atomic mass is 10.1. The van der Waals surface area contributed by atoms with Gasteiger partial charge in [-0.05, 0) is 66.1 Å². The van der Waals surface area contributed by atoms with Crippen LogP contribution in [0.15, 0.2) is 72.8 Å². The van der Waals surface area contributed by atoms with E-state index in [-0.39, 0.29) is 18.1 Å². The van der Waals surface area contributed by atoms with Gasteiger partial charge in [0.25, 0.3) is 5.91 Å². The fourth-order valence-corrected chi connectivity index (χ4v) is 4.51. The van der Waals surface area contributed by atoms with Gasteiger partial charge in [0.2, 0.25) is 10.0 Å². The number of carbonyl (C=O) groups excluding carboxylic acids is 1. The quantitative estimate of drug-likeness (QED) is 0.333. The molecule has 0 aliphatic heterocycles. The number of sulfonamides is 1. The standard InChI is InChI=1S/C27H29F3N2O4S/c1-3-4-20-7-15-25(16-8-20)36-18-17-31-26(33)22-9-5-21(6-10-22)19-32(37(2,34)35)24-13-11-23(12-14-24)27(28,29)30/h5-16H,3-4,17-19H2,1-2H3,(H,31,33). The molecule has 3 aromatic rings. The maximum atomic E-state index is 12.8. The molecular formula is C27H29F3N2O4S. The van der Waals surface area contributed by atoms with Crippen molar-refractivity contribution in [3.05, 3.63) is 95.1 Å². The second kappa shape index (κ2) is 12.1. The predicted octanol–water partition coefficient (Wildman–Crippen LogP) is 5.43. The van der Waals surface area contributed by atoms with Gasteiger partial charge in [0, 0.05) is 5.56 Å². The van der Waals surface area contributed by atoms with Crippen molar-refractivity contribution < 1.29 is 31.1 Å². The van der Waals surface area contributed by atoms with Crippen molar-refractivity contribution in [1.82, 2.24) is 5.32 Å². The Labute approximate surface area is 215 Å². The van der Waals surface area contributed by atoms with Crippen LogP contribution in [0.4, 0.5) is 18.9 Å². The summed E-state index contributed by atoms with van der Waals surface area (Å²) in [5.74, 6) is 0.415. The highest BCUT2D eigenvalue weighted by Crippen LogP contribution is 2.31. The molecular weight excluding hydrogens is 505 g/mol. The molecule has 0 aliphatic carbocycles. The van der Waals surface area contributed by atoms with Crippen molar-refractivity contribution in [2.45, 2.75) is 32.5 Å². The van der Waals surface area contributed by atoms with Crippen molar-refractivity contribution in [3.8, 4) is 5.75 Å². The first-order valence-corrected chi connectivity index (χ1v) is 13.6. The summed E-state index contributed by atoms with van der Waals surface area (Å²) in [6, 6.07) is 18.1. The number of ether oxygens (including phenoxy) is 1. The number of nitrogens with one attached hydrogen (secondary N) is 1. The zero-order valence-corrected chi connectivity index (χ0v) is 21.4. The van der Waals surface area contributed by atoms with Crippen LogP contribution in [0.5, 0.6) is 5.75 Å². The van der Waals surface area contributed by atoms with E-state index in [2.05, 4.69) is 12.2 Å². The summed E-state index contributed by atoms with van der Waals surface area (Å²) in [5, 5.41) is 2.77. The van der Waals surface area contributed by atoms with Crippen molar-refractivity contribution in [3.63, 3.8) is 0 Å². The number of hydrogen-bond acceptors (Lipinski definition) is 4. The molecule has 3 aromatic carbocycles. The minimum absolute atomic E-state index is 0.100. The number of hydrogen-bond donors (Lipinski definition) is 1. The van der Waals surface area contributed by atoms with E-state index in [9.17, 15) is 26.4 Å². The van der Waals surface area contributed by atoms with E-state index in [0.717, 1.165) is 53.4 Å². The summed E-state index contributed by atoms with van der Waals surface area (Å²) in [6.45, 7) is 2.62. The molecule has 1 N–H and O–H groups in total. The van der Waals surface area contributed by atoms with Gasteiger partial charge in [-0.25, -0.2) is 8.42 Å². The molecule has 0 fully saturated rings. The molecule has 3 rings (SSSR count). The summed E-state index contributed by atoms with van der Waals surface area (Å²) in [5.41, 5.74) is 1.43. The van der Waals surface area contributed by atoms with Crippen LogP contribution < -0.4 is 14.4 Å². The molecule has 1 amide bonds. The highest BCUT2D eigenvalue weighted by molar-refractivity contribution is 7.92. The topological polar surface area (TPSA) is 75.7 Å². The normalized spacial score (nSPS) is 11.7. The zero-order valence-electron chi connectivity index (χ0n) is 20.6. The Morgan fingerprint density at radius 2 is 1.51 bits per heavy atom. The lowest BCUT2D eigenvalue weighted by molar-refractivity contribution is -0.137. The average molecular weight is 535 g/mol. The third kappa shape index (κ3) is 8.24. The summed E-state index contributed by atoms with van der Waals surface area (Å²) in [7, 11) is -3.78. The summed E-state index contributed by atoms with van der Waals surface area (Å²) in [6.07, 6.45) is -1.45. The van der Waals surface area contributed by atoms with E-state index in [0.29, 0.717) is 24.3 Å². The Morgan fingerprint density at radius 1 is 0.919 bits per heavy atom. The molecule has 0 spiro atoms. The number of amides is 1. The summed E-state index contributed by atoms with van der Waals surface area (Å²) in [4.78, 5) is 12.4. The van der Waals surface area contributed by atoms with Crippen LogP contribution in [0.25, 0.3) is 0 Å². The van der Waals surface area contributed by atoms with Crippen molar-refractivity contribution in [1.29, 1.82) is 0 Å². The van der Waals surface area contributed by atoms with Gasteiger partial charge in [-0.15, -0.1) is 0 Å². The number of carbonyl (C=O) groups is 1. The predicted molar refractivity (Wildman–Crippen MR) is 137 cm³/mol. The summed E-state index contributed by atoms with van der Waals surface area (Å²) < 4.78 is 69.8. The van der Waals surface area contributed by atoms with Crippen LogP contribution in [0.1, 0.15) is 40.4 Å². The van der Waals surface area contributed by atoms with E-state index in [4.69, 9.17) is 4.74 Å². The van der Waals surface area contributed by atoms with E-state index in [1.165, 1.54) is 5.56 Å². The van der Waals surface area contributed by atoms with Crippen LogP contribution in [0.2, 0.25) is 0 Å². The van der Waals surface area contributed by atoms with Crippen LogP contribution in [-0.4, -0.2) is 33.7 Å². The van der Waals surface area contributed by atoms with Crippen LogP contribution in [-0.2, 0) is 29.2 Å². The van der Waals surface area contributed by atoms with Crippen molar-refractivity contribution in [2.75, 3.05) is 23.7 Å². The average Bonchev–Trinajstić information content (AvgIpc) is 2.85. The largest absolute Gasteiger partial charge is 0.492 e. The van der Waals surface area contributed by atoms with Gasteiger partial charge in [-0.1, -0.05) is 37.6 Å². The van der Waals surface area contributed by atoms with E-state index >= 15 is 0 Å². The Bertz CT molecular complexity index is 1280. The van der Waals surface area contributed by atoms with Gasteiger partial charge in [0.05, 0.1) is 30.6 Å². The Balaban J connectivity index is 1.56. The third-order valence-corrected chi connectivity index (χ3v) is 6.68. The minimum atomic E-state index is -4.52. The number of alkyl halides is 3. The lowest BCUT2D eigenvalue weighted by Gasteiger charge is -2.23. The number of anilines is 1. The first-order chi connectivity index (χ1) is 17.5. The molecule has 0 radical (unpaired) electrons. The van der Waals surface area contributed by atoms with E-state index < -0.39 is 21.8 Å². The third-order valence-electron chi connectivity index (χ3n) is 5.54. The van der Waals surface area contributed by atoms with Crippen molar-refractivity contribution in [2.24, 2.45) is 0 Å². The number of nitrogens with zero attached hydrogens (tertiary/aromatic N) is 1. The SMILES string of the molecule is CCCc1ccc(OCCNC(=O)c2ccc(CN(c3ccc(C(F)(F)F)cc3)S(C)(=O)=O)cc2)cc1. The maximum Gasteiger partial charge on any atom is 0.416 e. The van der Waals surface area contributed by atoms with E-state index in [1.807, 2.05) is 24.3 Å². The molecule has 0 atom stereocenters. The highest BCUT2D eigenvalue weighted by Gasteiger charge is 2.30. The Morgan fingerprint density at radius 3 is 2.05 bits per heavy atom. The molecule has 198 valence electrons. The number of rotatable bonds is 11. The van der Waals surface area contributed by atoms with Gasteiger partial charge < -0.3 is 10.1 Å². The number of benzene rings is 3. The van der Waals surface area contributed by atoms with Crippen LogP contribution in [0.3, 0.4) is 0 Å². The van der Waals surface area contributed by atoms with E-state index in [1.54, 1.807) is 24.3 Å². The molecule has 0 unspecified atom stereocenters. The second-order valence-electron chi connectivity index (χ2n) is 8.51. The molecule has 0 saturated heterocycles. The van der Waals surface area contributed by atoms with Gasteiger partial charge in [0.15, 0.2) is 0 Å². The Kier molecular flexibility index (Phi) is 9.20. The lowest BCUT2D eigenvalue weighted by Crippen LogP contribution is -2.29. The highest BCUT2D eigenvalue weighted by atomic mass is 32.2. The summed E-state index contributed by atoms with van der Waals surface area (Å²) >= 11 is 0. The van der Waals surface area contributed by atoms with Gasteiger partial charge in [-0.2, -0.15) is 13.2 Å². The van der Waals surface area contributed by atoms with Gasteiger partial charge >= 0.3 is 6.18 Å². The smallest absolute Gasteiger partial charge is 0.416 e. The van der Waals surface area contributed by atoms with Crippen LogP contribution >= 0.6 is 0 Å². The van der Waals surface area contributed by atoms with Gasteiger partial charge in [-0.3, -0.25) is 9.10 Å². The molecule has 0 aliphatic rings. The fraction of sp³-hybridized carbons (Fsp3) is 0.296. The minimum Gasteiger partial charge on any atom is -0.492 e. The molecule has 37 heavy (non-hydrogen) atoms. The molecule has 0 bridgehead atoms. The molecule has 0 aromatic heterocycles. The first kappa shape index (κ1) is 28.0. The maximum absolute atomic E-state index is 12.8. The molecule has 0 heterocycles. The van der Waals surface area contributed by atoms with Crippen LogP contribution in [0, 0.1) is 0 Å². The second-order valence-corrected chi connectivity index (χ2v) is 10.4.